The summed E-state index contributed by atoms with van der Waals surface area (Å²) in [5.74, 6) is -1.35. The summed E-state index contributed by atoms with van der Waals surface area (Å²) < 4.78 is 87.7. The number of hydrogen-bond donors (Lipinski definition) is 1. The molecule has 1 N–H and O–H groups in total. The van der Waals surface area contributed by atoms with E-state index < -0.39 is 93.0 Å². The Bertz CT molecular complexity index is 2350. The van der Waals surface area contributed by atoms with E-state index >= 15 is 14.2 Å². The molecule has 98 heavy (non-hydrogen) atoms. The second kappa shape index (κ2) is 51.3. The molecule has 1 aliphatic heterocycles. The van der Waals surface area contributed by atoms with Crippen LogP contribution in [0.5, 0.6) is 11.5 Å². The molecule has 0 spiro atoms. The lowest BCUT2D eigenvalue weighted by atomic mass is 9.96. The first-order valence-electron chi connectivity index (χ1n) is 38.9. The van der Waals surface area contributed by atoms with Crippen molar-refractivity contribution < 1.29 is 70.1 Å². The Morgan fingerprint density at radius 1 is 0.510 bits per heavy atom. The molecule has 3 rings (SSSR count). The van der Waals surface area contributed by atoms with Gasteiger partial charge >= 0.3 is 19.8 Å². The van der Waals surface area contributed by atoms with Crippen molar-refractivity contribution in [3.05, 3.63) is 60.7 Å². The fraction of sp³-hybridized carbons (Fsp3) is 0.808. The van der Waals surface area contributed by atoms with E-state index in [1.165, 1.54) is 103 Å². The average molecular weight is 1450 g/mol. The summed E-state index contributed by atoms with van der Waals surface area (Å²) in [5.41, 5.74) is 0. The molecule has 1 amide bonds. The zero-order valence-electron chi connectivity index (χ0n) is 64.4. The topological polar surface area (TPSA) is 182 Å². The van der Waals surface area contributed by atoms with Crippen LogP contribution >= 0.6 is 7.82 Å². The van der Waals surface area contributed by atoms with Crippen molar-refractivity contribution >= 4 is 50.1 Å². The van der Waals surface area contributed by atoms with Crippen LogP contribution in [-0.4, -0.2) is 119 Å². The van der Waals surface area contributed by atoms with Gasteiger partial charge in [0.15, 0.2) is 14.4 Å². The number of carbonyl (C=O) groups excluding carboxylic acids is 3. The molecule has 2 aromatic carbocycles. The number of nitrogens with one attached hydrogen (secondary N) is 1. The van der Waals surface area contributed by atoms with Crippen LogP contribution in [0.2, 0.25) is 69.5 Å². The highest BCUT2D eigenvalue weighted by molar-refractivity contribution is 7.49. The van der Waals surface area contributed by atoms with Crippen molar-refractivity contribution in [2.24, 2.45) is 0 Å². The van der Waals surface area contributed by atoms with Crippen LogP contribution in [-0.2, 0) is 61.1 Å². The third kappa shape index (κ3) is 42.6. The van der Waals surface area contributed by atoms with E-state index in [2.05, 4.69) is 99.2 Å². The molecule has 1 heterocycles. The number of phosphoric acid groups is 1. The lowest BCUT2D eigenvalue weighted by Crippen LogP contribution is -2.67. The van der Waals surface area contributed by atoms with Crippen LogP contribution in [0.15, 0.2) is 60.7 Å². The van der Waals surface area contributed by atoms with Crippen LogP contribution < -0.4 is 14.4 Å². The van der Waals surface area contributed by atoms with Crippen molar-refractivity contribution in [2.45, 2.75) is 372 Å². The molecule has 0 radical (unpaired) electrons. The molecule has 0 unspecified atom stereocenters. The van der Waals surface area contributed by atoms with Crippen molar-refractivity contribution in [1.82, 2.24) is 5.32 Å². The van der Waals surface area contributed by atoms with Gasteiger partial charge in [-0.1, -0.05) is 297 Å². The lowest BCUT2D eigenvalue weighted by Gasteiger charge is -2.46. The molecule has 1 fully saturated rings. The van der Waals surface area contributed by atoms with Gasteiger partial charge < -0.3 is 51.9 Å². The average Bonchev–Trinajstić information content (AvgIpc) is 0.769. The second-order valence-corrected chi connectivity index (χ2v) is 49.2. The van der Waals surface area contributed by atoms with Gasteiger partial charge in [-0.05, 0) is 73.7 Å². The number of para-hydroxylation sites is 2. The molecular weight excluding hydrogens is 1310 g/mol. The van der Waals surface area contributed by atoms with E-state index in [1.54, 1.807) is 48.5 Å². The van der Waals surface area contributed by atoms with E-state index in [9.17, 15) is 4.79 Å². The summed E-state index contributed by atoms with van der Waals surface area (Å²) in [6, 6.07) is 17.6. The Morgan fingerprint density at radius 3 is 1.32 bits per heavy atom. The van der Waals surface area contributed by atoms with E-state index in [0.29, 0.717) is 32.5 Å². The number of benzene rings is 2. The van der Waals surface area contributed by atoms with Gasteiger partial charge in [0.2, 0.25) is 12.2 Å². The number of hydrogen-bond acceptors (Lipinski definition) is 15. The molecule has 566 valence electrons. The van der Waals surface area contributed by atoms with Gasteiger partial charge in [0.1, 0.15) is 43.3 Å². The summed E-state index contributed by atoms with van der Waals surface area (Å²) in [6.07, 6.45) is 26.4. The number of rotatable bonds is 60. The van der Waals surface area contributed by atoms with E-state index in [1.807, 2.05) is 12.1 Å². The molecule has 1 saturated heterocycles. The highest BCUT2D eigenvalue weighted by Gasteiger charge is 2.55. The number of phosphoric ester groups is 1. The van der Waals surface area contributed by atoms with E-state index in [0.717, 1.165) is 89.1 Å². The minimum absolute atomic E-state index is 0.0154. The molecular formula is C78H142NO15PSi3. The first-order valence-corrected chi connectivity index (χ1v) is 50.7. The fourth-order valence-corrected chi connectivity index (χ4v) is 15.4. The van der Waals surface area contributed by atoms with Gasteiger partial charge in [-0.15, -0.1) is 0 Å². The van der Waals surface area contributed by atoms with Crippen LogP contribution in [0.4, 0.5) is 0 Å². The van der Waals surface area contributed by atoms with Gasteiger partial charge in [0.25, 0.3) is 0 Å². The molecule has 20 heteroatoms. The highest BCUT2D eigenvalue weighted by Crippen LogP contribution is 2.53. The van der Waals surface area contributed by atoms with Crippen molar-refractivity contribution in [1.29, 1.82) is 0 Å². The number of unbranched alkanes of at least 4 members (excludes halogenated alkanes) is 26. The maximum Gasteiger partial charge on any atom is 0.588 e. The monoisotopic (exact) mass is 1450 g/mol. The van der Waals surface area contributed by atoms with Gasteiger partial charge in [-0.2, -0.15) is 0 Å². The van der Waals surface area contributed by atoms with Gasteiger partial charge in [0, 0.05) is 35.8 Å². The Hall–Kier alpha value is -2.95. The van der Waals surface area contributed by atoms with E-state index in [-0.39, 0.29) is 56.0 Å². The summed E-state index contributed by atoms with van der Waals surface area (Å²) in [4.78, 5) is 45.2. The zero-order valence-corrected chi connectivity index (χ0v) is 68.3. The Balaban J connectivity index is 2.23. The minimum Gasteiger partial charge on any atom is -0.457 e. The van der Waals surface area contributed by atoms with Crippen LogP contribution in [0.3, 0.4) is 0 Å². The molecule has 0 saturated carbocycles. The maximum absolute atomic E-state index is 15.9. The minimum atomic E-state index is -4.85. The predicted molar refractivity (Wildman–Crippen MR) is 408 cm³/mol. The first kappa shape index (κ1) is 89.3. The second-order valence-electron chi connectivity index (χ2n) is 31.7. The van der Waals surface area contributed by atoms with Gasteiger partial charge in [0.05, 0.1) is 31.7 Å². The summed E-state index contributed by atoms with van der Waals surface area (Å²) in [7, 11) is -10.3. The first-order chi connectivity index (χ1) is 46.8. The summed E-state index contributed by atoms with van der Waals surface area (Å²) in [6.45, 7) is 32.1. The number of carbonyl (C=O) groups is 3. The molecule has 0 aliphatic carbocycles. The summed E-state index contributed by atoms with van der Waals surface area (Å²) >= 11 is 0. The largest absolute Gasteiger partial charge is 0.588 e. The predicted octanol–water partition coefficient (Wildman–Crippen LogP) is 22.0. The third-order valence-corrected chi connectivity index (χ3v) is 28.2. The van der Waals surface area contributed by atoms with E-state index in [4.69, 9.17) is 51.2 Å². The van der Waals surface area contributed by atoms with Gasteiger partial charge in [-0.25, -0.2) is 4.57 Å². The molecule has 0 aromatic heterocycles. The van der Waals surface area contributed by atoms with Crippen molar-refractivity contribution in [3.63, 3.8) is 0 Å². The van der Waals surface area contributed by atoms with Crippen LogP contribution in [0, 0.1) is 0 Å². The smallest absolute Gasteiger partial charge is 0.457 e. The lowest BCUT2D eigenvalue weighted by molar-refractivity contribution is -0.264. The Morgan fingerprint density at radius 2 is 0.908 bits per heavy atom. The van der Waals surface area contributed by atoms with Crippen molar-refractivity contribution in [2.75, 3.05) is 33.4 Å². The Kier molecular flexibility index (Phi) is 46.7. The molecule has 16 nitrogen and oxygen atoms in total. The molecule has 0 bridgehead atoms. The number of amides is 1. The highest BCUT2D eigenvalue weighted by atomic mass is 31.2. The zero-order chi connectivity index (χ0) is 72.0. The molecule has 2 aromatic rings. The van der Waals surface area contributed by atoms with Crippen molar-refractivity contribution in [3.8, 4) is 11.5 Å². The number of esters is 2. The number of ether oxygens (including phenoxy) is 7. The van der Waals surface area contributed by atoms with Gasteiger partial charge in [-0.3, -0.25) is 18.9 Å². The standard InChI is InChI=1S/C78H142NO15PSi3/c1-15-18-21-24-27-30-31-34-37-40-49-56-72(81)90-76-74(79-71(80)61-68(86-64-84-57-59-96(7,8)9)54-43-38-35-32-28-25-22-19-16-2)77(91-73(82)62-69(87-65-85-58-60-97(10,11)12)55-44-39-36-33-29-26-23-20-17-3)89-70(63-88-98(13,14)78(4,5)6)75(76)94-95(83,92-66-50-45-41-46-51-66)93-67-52-47-42-48-53-67/h41-42,45-48,50-53,68-70,74-77H,15-40,43-44,49,54-65H2,1-14H3,(H,79,80)/t68-,69-,70-,74-,75-,76-,77-/m1/s1. The van der Waals surface area contributed by atoms with Crippen LogP contribution in [0.25, 0.3) is 0 Å². The SMILES string of the molecule is CCCCCCCCCCCCCC(=O)O[C@@H]1[C@@H](NC(=O)C[C@@H](CCCCCCCCCCC)OCOCC[Si](C)(C)C)[C@@H](OC(=O)C[C@@H](CCCCCCCCCCC)OCOCC[Si](C)(C)C)O[C@H](CO[Si](C)(C)C(C)(C)C)[C@H]1OP(=O)(Oc1ccccc1)Oc1ccccc1. The maximum atomic E-state index is 15.9. The normalized spacial score (nSPS) is 17.7. The third-order valence-electron chi connectivity index (χ3n) is 18.9. The Labute approximate surface area is 600 Å². The quantitative estimate of drug-likeness (QED) is 0.0217. The van der Waals surface area contributed by atoms with Crippen LogP contribution in [0.1, 0.15) is 260 Å². The summed E-state index contributed by atoms with van der Waals surface area (Å²) in [5, 5.41) is 2.90. The molecule has 1 aliphatic rings. The molecule has 7 atom stereocenters. The fourth-order valence-electron chi connectivity index (χ4n) is 11.5.